The minimum atomic E-state index is 0.519. The smallest absolute Gasteiger partial charge is 0.103 e. The maximum Gasteiger partial charge on any atom is 0.103 e. The molecule has 1 aliphatic rings. The molecule has 1 unspecified atom stereocenters. The van der Waals surface area contributed by atoms with E-state index in [1.54, 1.807) is 0 Å². The lowest BCUT2D eigenvalue weighted by atomic mass is 10.1. The van der Waals surface area contributed by atoms with Gasteiger partial charge < -0.3 is 4.74 Å². The second-order valence-corrected chi connectivity index (χ2v) is 5.43. The van der Waals surface area contributed by atoms with Gasteiger partial charge in [0.1, 0.15) is 5.44 Å². The zero-order valence-corrected chi connectivity index (χ0v) is 10.6. The Kier molecular flexibility index (Phi) is 8.12. The van der Waals surface area contributed by atoms with Gasteiger partial charge in [-0.05, 0) is 25.7 Å². The first-order valence-electron chi connectivity index (χ1n) is 6.27. The first-order chi connectivity index (χ1) is 7.43. The number of hydrogen-bond acceptors (Lipinski definition) is 2. The summed E-state index contributed by atoms with van der Waals surface area (Å²) in [6.45, 7) is 4.70. The van der Waals surface area contributed by atoms with E-state index in [2.05, 4.69) is 6.58 Å². The lowest BCUT2D eigenvalue weighted by Gasteiger charge is -2.07. The number of ether oxygens (including phenoxy) is 1. The van der Waals surface area contributed by atoms with Crippen LogP contribution in [-0.2, 0) is 4.74 Å². The largest absolute Gasteiger partial charge is 0.367 e. The molecule has 1 nitrogen and oxygen atoms in total. The Hall–Kier alpha value is 0.0500. The first kappa shape index (κ1) is 13.1. The molecule has 0 amide bonds. The topological polar surface area (TPSA) is 9.23 Å². The Labute approximate surface area is 98.7 Å². The van der Waals surface area contributed by atoms with Gasteiger partial charge in [0, 0.05) is 5.75 Å². The highest BCUT2D eigenvalue weighted by Gasteiger charge is 2.14. The third kappa shape index (κ3) is 7.02. The molecule has 0 aromatic heterocycles. The zero-order chi connectivity index (χ0) is 10.8. The summed E-state index contributed by atoms with van der Waals surface area (Å²) >= 11 is 1.98. The molecule has 0 saturated carbocycles. The molecule has 0 bridgehead atoms. The van der Waals surface area contributed by atoms with Crippen molar-refractivity contribution in [1.82, 2.24) is 0 Å². The number of thioether (sulfide) groups is 1. The average Bonchev–Trinajstić information content (AvgIpc) is 2.75. The molecule has 15 heavy (non-hydrogen) atoms. The van der Waals surface area contributed by atoms with Crippen molar-refractivity contribution in [3.8, 4) is 0 Å². The van der Waals surface area contributed by atoms with Crippen molar-refractivity contribution < 1.29 is 4.74 Å². The van der Waals surface area contributed by atoms with Crippen LogP contribution in [0.4, 0.5) is 0 Å². The summed E-state index contributed by atoms with van der Waals surface area (Å²) in [6, 6.07) is 0. The van der Waals surface area contributed by atoms with Gasteiger partial charge in [0.05, 0.1) is 6.61 Å². The molecular weight excluding hydrogens is 204 g/mol. The van der Waals surface area contributed by atoms with Gasteiger partial charge in [0.2, 0.25) is 0 Å². The predicted octanol–water partition coefficient (Wildman–Crippen LogP) is 4.38. The van der Waals surface area contributed by atoms with E-state index in [9.17, 15) is 0 Å². The highest BCUT2D eigenvalue weighted by Crippen LogP contribution is 2.24. The number of rotatable bonds is 9. The van der Waals surface area contributed by atoms with Gasteiger partial charge in [-0.3, -0.25) is 0 Å². The van der Waals surface area contributed by atoms with Crippen LogP contribution in [0.1, 0.15) is 51.4 Å². The van der Waals surface area contributed by atoms with Crippen molar-refractivity contribution >= 4 is 11.8 Å². The normalized spacial score (nSPS) is 20.7. The van der Waals surface area contributed by atoms with Crippen LogP contribution in [-0.4, -0.2) is 17.8 Å². The van der Waals surface area contributed by atoms with Crippen LogP contribution in [0.3, 0.4) is 0 Å². The Morgan fingerprint density at radius 3 is 2.53 bits per heavy atom. The second-order valence-electron chi connectivity index (χ2n) is 4.16. The molecule has 1 atom stereocenters. The Bertz CT molecular complexity index is 153. The van der Waals surface area contributed by atoms with Gasteiger partial charge in [-0.2, -0.15) is 0 Å². The summed E-state index contributed by atoms with van der Waals surface area (Å²) in [7, 11) is 0. The van der Waals surface area contributed by atoms with Gasteiger partial charge in [-0.1, -0.05) is 31.8 Å². The Morgan fingerprint density at radius 2 is 1.87 bits per heavy atom. The maximum atomic E-state index is 5.56. The standard InChI is InChI=1S/C13H24OS/c1-2-3-4-5-6-7-8-9-10-13-14-11-12-15-13/h2,13H,1,3-12H2. The fraction of sp³-hybridized carbons (Fsp3) is 0.846. The molecule has 88 valence electrons. The SMILES string of the molecule is C=CCCCCCCCCC1OCCS1. The van der Waals surface area contributed by atoms with Crippen molar-refractivity contribution in [3.05, 3.63) is 12.7 Å². The predicted molar refractivity (Wildman–Crippen MR) is 69.3 cm³/mol. The maximum absolute atomic E-state index is 5.56. The molecule has 1 rings (SSSR count). The lowest BCUT2D eigenvalue weighted by Crippen LogP contribution is -2.00. The molecule has 0 N–H and O–H groups in total. The summed E-state index contributed by atoms with van der Waals surface area (Å²) in [4.78, 5) is 0. The molecule has 2 heteroatoms. The second kappa shape index (κ2) is 9.29. The molecule has 1 heterocycles. The van der Waals surface area contributed by atoms with E-state index in [1.807, 2.05) is 17.8 Å². The highest BCUT2D eigenvalue weighted by atomic mass is 32.2. The summed E-state index contributed by atoms with van der Waals surface area (Å²) in [5.74, 6) is 1.20. The van der Waals surface area contributed by atoms with Crippen LogP contribution >= 0.6 is 11.8 Å². The van der Waals surface area contributed by atoms with Crippen LogP contribution in [0.15, 0.2) is 12.7 Å². The van der Waals surface area contributed by atoms with Crippen LogP contribution < -0.4 is 0 Å². The molecule has 0 spiro atoms. The molecule has 1 aliphatic heterocycles. The third-order valence-corrected chi connectivity index (χ3v) is 3.93. The van der Waals surface area contributed by atoms with Gasteiger partial charge >= 0.3 is 0 Å². The van der Waals surface area contributed by atoms with E-state index < -0.39 is 0 Å². The van der Waals surface area contributed by atoms with Crippen molar-refractivity contribution in [2.24, 2.45) is 0 Å². The number of hydrogen-bond donors (Lipinski definition) is 0. The molecule has 0 radical (unpaired) electrons. The van der Waals surface area contributed by atoms with Crippen molar-refractivity contribution in [2.45, 2.75) is 56.8 Å². The van der Waals surface area contributed by atoms with Crippen LogP contribution in [0.2, 0.25) is 0 Å². The summed E-state index contributed by atoms with van der Waals surface area (Å²) in [6.07, 6.45) is 12.7. The van der Waals surface area contributed by atoms with Crippen molar-refractivity contribution in [2.75, 3.05) is 12.4 Å². The third-order valence-electron chi connectivity index (χ3n) is 2.79. The number of unbranched alkanes of at least 4 members (excludes halogenated alkanes) is 6. The zero-order valence-electron chi connectivity index (χ0n) is 9.75. The van der Waals surface area contributed by atoms with E-state index in [0.717, 1.165) is 6.61 Å². The molecule has 1 fully saturated rings. The molecule has 0 aliphatic carbocycles. The fourth-order valence-corrected chi connectivity index (χ4v) is 2.86. The average molecular weight is 228 g/mol. The molecular formula is C13H24OS. The van der Waals surface area contributed by atoms with E-state index >= 15 is 0 Å². The Morgan fingerprint density at radius 1 is 1.13 bits per heavy atom. The summed E-state index contributed by atoms with van der Waals surface area (Å²) < 4.78 is 5.56. The van der Waals surface area contributed by atoms with Crippen molar-refractivity contribution in [3.63, 3.8) is 0 Å². The Balaban J connectivity index is 1.74. The summed E-state index contributed by atoms with van der Waals surface area (Å²) in [5, 5.41) is 0. The van der Waals surface area contributed by atoms with Crippen LogP contribution in [0.5, 0.6) is 0 Å². The quantitative estimate of drug-likeness (QED) is 0.428. The first-order valence-corrected chi connectivity index (χ1v) is 7.32. The lowest BCUT2D eigenvalue weighted by molar-refractivity contribution is 0.135. The minimum absolute atomic E-state index is 0.519. The van der Waals surface area contributed by atoms with Crippen molar-refractivity contribution in [1.29, 1.82) is 0 Å². The molecule has 0 aromatic carbocycles. The van der Waals surface area contributed by atoms with Gasteiger partial charge in [0.15, 0.2) is 0 Å². The van der Waals surface area contributed by atoms with E-state index in [4.69, 9.17) is 4.74 Å². The monoisotopic (exact) mass is 228 g/mol. The van der Waals surface area contributed by atoms with Gasteiger partial charge in [-0.25, -0.2) is 0 Å². The highest BCUT2D eigenvalue weighted by molar-refractivity contribution is 7.99. The van der Waals surface area contributed by atoms with E-state index in [-0.39, 0.29) is 0 Å². The van der Waals surface area contributed by atoms with E-state index in [0.29, 0.717) is 5.44 Å². The van der Waals surface area contributed by atoms with E-state index in [1.165, 1.54) is 57.1 Å². The van der Waals surface area contributed by atoms with Gasteiger partial charge in [0.25, 0.3) is 0 Å². The number of allylic oxidation sites excluding steroid dienone is 1. The molecule has 0 aromatic rings. The van der Waals surface area contributed by atoms with Crippen LogP contribution in [0, 0.1) is 0 Å². The molecule has 1 saturated heterocycles. The minimum Gasteiger partial charge on any atom is -0.367 e. The fourth-order valence-electron chi connectivity index (χ4n) is 1.88. The summed E-state index contributed by atoms with van der Waals surface area (Å²) in [5.41, 5.74) is 0.519. The van der Waals surface area contributed by atoms with Crippen LogP contribution in [0.25, 0.3) is 0 Å². The van der Waals surface area contributed by atoms with Gasteiger partial charge in [-0.15, -0.1) is 18.3 Å².